The number of carbonyl (C=O) groups excluding carboxylic acids is 1. The average Bonchev–Trinajstić information content (AvgIpc) is 2.95. The summed E-state index contributed by atoms with van der Waals surface area (Å²) in [7, 11) is 1.81. The molecule has 0 radical (unpaired) electrons. The molecule has 0 fully saturated rings. The van der Waals surface area contributed by atoms with Crippen LogP contribution in [0.1, 0.15) is 22.5 Å². The van der Waals surface area contributed by atoms with Crippen LogP contribution in [0, 0.1) is 13.8 Å². The fourth-order valence-electron chi connectivity index (χ4n) is 2.04. The van der Waals surface area contributed by atoms with Crippen LogP contribution in [0.15, 0.2) is 41.0 Å². The smallest absolute Gasteiger partial charge is 0.232 e. The van der Waals surface area contributed by atoms with E-state index < -0.39 is 0 Å². The van der Waals surface area contributed by atoms with Crippen LogP contribution < -0.4 is 0 Å². The molecule has 2 aromatic rings. The number of benzene rings is 1. The van der Waals surface area contributed by atoms with Crippen LogP contribution in [0.3, 0.4) is 0 Å². The molecule has 4 heteroatoms. The Bertz CT molecular complexity index is 593. The Labute approximate surface area is 130 Å². The van der Waals surface area contributed by atoms with Gasteiger partial charge < -0.3 is 9.32 Å². The first-order valence-corrected chi connectivity index (χ1v) is 8.12. The summed E-state index contributed by atoms with van der Waals surface area (Å²) in [6.45, 7) is 4.73. The van der Waals surface area contributed by atoms with Gasteiger partial charge >= 0.3 is 0 Å². The zero-order chi connectivity index (χ0) is 15.2. The summed E-state index contributed by atoms with van der Waals surface area (Å²) >= 11 is 1.66. The van der Waals surface area contributed by atoms with Gasteiger partial charge in [0, 0.05) is 12.8 Å². The van der Waals surface area contributed by atoms with Gasteiger partial charge in [-0.05, 0) is 37.1 Å². The molecule has 1 aromatic carbocycles. The van der Waals surface area contributed by atoms with E-state index in [2.05, 4.69) is 32.0 Å². The van der Waals surface area contributed by atoms with Gasteiger partial charge in [0.1, 0.15) is 5.76 Å². The van der Waals surface area contributed by atoms with Crippen molar-refractivity contribution in [2.24, 2.45) is 0 Å². The summed E-state index contributed by atoms with van der Waals surface area (Å²) in [6.07, 6.45) is 1.63. The van der Waals surface area contributed by atoms with Crippen LogP contribution in [-0.2, 0) is 17.1 Å². The van der Waals surface area contributed by atoms with Gasteiger partial charge in [-0.25, -0.2) is 0 Å². The lowest BCUT2D eigenvalue weighted by molar-refractivity contribution is -0.127. The van der Waals surface area contributed by atoms with Crippen molar-refractivity contribution >= 4 is 17.7 Å². The fourth-order valence-corrected chi connectivity index (χ4v) is 3.07. The molecule has 0 saturated carbocycles. The SMILES string of the molecule is Cc1ccc(C)c(CSCC(=O)N(C)Cc2ccco2)c1. The first-order chi connectivity index (χ1) is 10.1. The first kappa shape index (κ1) is 15.7. The standard InChI is InChI=1S/C17H21NO2S/c1-13-6-7-14(2)15(9-13)11-21-12-17(19)18(3)10-16-5-4-8-20-16/h4-9H,10-12H2,1-3H3. The number of hydrogen-bond donors (Lipinski definition) is 0. The van der Waals surface area contributed by atoms with E-state index in [0.29, 0.717) is 12.3 Å². The van der Waals surface area contributed by atoms with Crippen LogP contribution >= 0.6 is 11.8 Å². The largest absolute Gasteiger partial charge is 0.467 e. The number of aryl methyl sites for hydroxylation is 2. The first-order valence-electron chi connectivity index (χ1n) is 6.96. The molecule has 0 spiro atoms. The minimum Gasteiger partial charge on any atom is -0.467 e. The Kier molecular flexibility index (Phi) is 5.51. The number of rotatable bonds is 6. The second-order valence-corrected chi connectivity index (χ2v) is 6.24. The number of nitrogens with zero attached hydrogens (tertiary/aromatic N) is 1. The molecule has 0 unspecified atom stereocenters. The highest BCUT2D eigenvalue weighted by atomic mass is 32.2. The minimum absolute atomic E-state index is 0.127. The van der Waals surface area contributed by atoms with E-state index in [4.69, 9.17) is 4.42 Å². The van der Waals surface area contributed by atoms with Gasteiger partial charge in [-0.15, -0.1) is 11.8 Å². The molecule has 0 aliphatic heterocycles. The van der Waals surface area contributed by atoms with E-state index in [1.165, 1.54) is 16.7 Å². The summed E-state index contributed by atoms with van der Waals surface area (Å²) in [5.74, 6) is 2.30. The van der Waals surface area contributed by atoms with E-state index in [1.807, 2.05) is 19.2 Å². The molecule has 0 N–H and O–H groups in total. The number of thioether (sulfide) groups is 1. The molecular formula is C17H21NO2S. The van der Waals surface area contributed by atoms with Crippen molar-refractivity contribution in [3.8, 4) is 0 Å². The molecule has 0 saturated heterocycles. The predicted molar refractivity (Wildman–Crippen MR) is 87.3 cm³/mol. The molecular weight excluding hydrogens is 282 g/mol. The van der Waals surface area contributed by atoms with Crippen LogP contribution in [0.25, 0.3) is 0 Å². The topological polar surface area (TPSA) is 33.5 Å². The summed E-state index contributed by atoms with van der Waals surface area (Å²) < 4.78 is 5.26. The zero-order valence-corrected chi connectivity index (χ0v) is 13.6. The van der Waals surface area contributed by atoms with Crippen molar-refractivity contribution in [3.05, 3.63) is 59.0 Å². The highest BCUT2D eigenvalue weighted by molar-refractivity contribution is 7.99. The Balaban J connectivity index is 1.80. The molecule has 1 amide bonds. The molecule has 21 heavy (non-hydrogen) atoms. The van der Waals surface area contributed by atoms with Gasteiger partial charge in [0.05, 0.1) is 18.6 Å². The molecule has 112 valence electrons. The van der Waals surface area contributed by atoms with Crippen molar-refractivity contribution in [2.45, 2.75) is 26.1 Å². The summed E-state index contributed by atoms with van der Waals surface area (Å²) in [5.41, 5.74) is 3.85. The van der Waals surface area contributed by atoms with E-state index in [1.54, 1.807) is 22.9 Å². The van der Waals surface area contributed by atoms with Gasteiger partial charge in [0.2, 0.25) is 5.91 Å². The van der Waals surface area contributed by atoms with Crippen LogP contribution in [-0.4, -0.2) is 23.6 Å². The third kappa shape index (κ3) is 4.67. The third-order valence-corrected chi connectivity index (χ3v) is 4.35. The lowest BCUT2D eigenvalue weighted by atomic mass is 10.1. The van der Waals surface area contributed by atoms with Crippen LogP contribution in [0.2, 0.25) is 0 Å². The van der Waals surface area contributed by atoms with Crippen molar-refractivity contribution in [3.63, 3.8) is 0 Å². The highest BCUT2D eigenvalue weighted by Crippen LogP contribution is 2.18. The predicted octanol–water partition coefficient (Wildman–Crippen LogP) is 3.79. The van der Waals surface area contributed by atoms with Crippen molar-refractivity contribution in [1.29, 1.82) is 0 Å². The molecule has 1 aromatic heterocycles. The monoisotopic (exact) mass is 303 g/mol. The van der Waals surface area contributed by atoms with Crippen LogP contribution in [0.4, 0.5) is 0 Å². The highest BCUT2D eigenvalue weighted by Gasteiger charge is 2.11. The molecule has 0 bridgehead atoms. The lowest BCUT2D eigenvalue weighted by Gasteiger charge is -2.15. The van der Waals surface area contributed by atoms with E-state index >= 15 is 0 Å². The Hall–Kier alpha value is -1.68. The number of hydrogen-bond acceptors (Lipinski definition) is 3. The third-order valence-electron chi connectivity index (χ3n) is 3.39. The normalized spacial score (nSPS) is 10.6. The maximum absolute atomic E-state index is 12.1. The quantitative estimate of drug-likeness (QED) is 0.814. The minimum atomic E-state index is 0.127. The van der Waals surface area contributed by atoms with Gasteiger partial charge in [0.15, 0.2) is 0 Å². The molecule has 0 atom stereocenters. The zero-order valence-electron chi connectivity index (χ0n) is 12.8. The molecule has 2 rings (SSSR count). The maximum Gasteiger partial charge on any atom is 0.232 e. The van der Waals surface area contributed by atoms with Gasteiger partial charge in [0.25, 0.3) is 0 Å². The number of amides is 1. The Morgan fingerprint density at radius 2 is 2.10 bits per heavy atom. The fraction of sp³-hybridized carbons (Fsp3) is 0.353. The molecule has 0 aliphatic carbocycles. The summed E-state index contributed by atoms with van der Waals surface area (Å²) in [5, 5.41) is 0. The average molecular weight is 303 g/mol. The second-order valence-electron chi connectivity index (χ2n) is 5.25. The van der Waals surface area contributed by atoms with Crippen molar-refractivity contribution in [2.75, 3.05) is 12.8 Å². The molecule has 1 heterocycles. The van der Waals surface area contributed by atoms with Gasteiger partial charge in [-0.2, -0.15) is 0 Å². The van der Waals surface area contributed by atoms with Crippen LogP contribution in [0.5, 0.6) is 0 Å². The summed E-state index contributed by atoms with van der Waals surface area (Å²) in [6, 6.07) is 10.2. The second kappa shape index (κ2) is 7.36. The summed E-state index contributed by atoms with van der Waals surface area (Å²) in [4.78, 5) is 13.8. The van der Waals surface area contributed by atoms with E-state index in [9.17, 15) is 4.79 Å². The number of carbonyl (C=O) groups is 1. The Morgan fingerprint density at radius 3 is 2.81 bits per heavy atom. The van der Waals surface area contributed by atoms with Crippen molar-refractivity contribution in [1.82, 2.24) is 4.90 Å². The van der Waals surface area contributed by atoms with E-state index in [-0.39, 0.29) is 5.91 Å². The van der Waals surface area contributed by atoms with Gasteiger partial charge in [-0.1, -0.05) is 23.8 Å². The maximum atomic E-state index is 12.1. The van der Waals surface area contributed by atoms with Gasteiger partial charge in [-0.3, -0.25) is 4.79 Å². The Morgan fingerprint density at radius 1 is 1.29 bits per heavy atom. The molecule has 3 nitrogen and oxygen atoms in total. The van der Waals surface area contributed by atoms with E-state index in [0.717, 1.165) is 11.5 Å². The molecule has 0 aliphatic rings. The number of furan rings is 1. The lowest BCUT2D eigenvalue weighted by Crippen LogP contribution is -2.27. The van der Waals surface area contributed by atoms with Crippen molar-refractivity contribution < 1.29 is 9.21 Å².